The Balaban J connectivity index is 1.76. The van der Waals surface area contributed by atoms with Crippen molar-refractivity contribution in [3.05, 3.63) is 23.7 Å². The van der Waals surface area contributed by atoms with Crippen LogP contribution in [0.1, 0.15) is 61.8 Å². The number of nitrogens with zero attached hydrogens (tertiary/aromatic N) is 3. The van der Waals surface area contributed by atoms with Crippen molar-refractivity contribution in [1.82, 2.24) is 14.9 Å². The van der Waals surface area contributed by atoms with Gasteiger partial charge in [-0.1, -0.05) is 6.08 Å². The van der Waals surface area contributed by atoms with E-state index in [0.717, 1.165) is 44.1 Å². The maximum absolute atomic E-state index is 11.4. The molecule has 0 aromatic carbocycles. The van der Waals surface area contributed by atoms with Gasteiger partial charge in [-0.25, -0.2) is 14.8 Å². The molecule has 0 atom stereocenters. The van der Waals surface area contributed by atoms with Gasteiger partial charge in [-0.05, 0) is 44.1 Å². The van der Waals surface area contributed by atoms with Gasteiger partial charge in [-0.2, -0.15) is 0 Å². The van der Waals surface area contributed by atoms with E-state index in [1.165, 1.54) is 6.07 Å². The van der Waals surface area contributed by atoms with Crippen molar-refractivity contribution in [2.75, 3.05) is 18.4 Å². The van der Waals surface area contributed by atoms with Gasteiger partial charge < -0.3 is 15.3 Å². The monoisotopic (exact) mass is 344 g/mol. The van der Waals surface area contributed by atoms with Gasteiger partial charge >= 0.3 is 5.97 Å². The molecule has 1 aliphatic heterocycles. The summed E-state index contributed by atoms with van der Waals surface area (Å²) in [5.41, 5.74) is 1.05. The van der Waals surface area contributed by atoms with E-state index in [4.69, 9.17) is 0 Å². The van der Waals surface area contributed by atoms with E-state index in [1.54, 1.807) is 6.92 Å². The van der Waals surface area contributed by atoms with E-state index < -0.39 is 5.97 Å². The number of amides is 1. The average molecular weight is 344 g/mol. The molecule has 3 rings (SSSR count). The maximum atomic E-state index is 11.4. The van der Waals surface area contributed by atoms with Gasteiger partial charge in [0, 0.05) is 32.1 Å². The van der Waals surface area contributed by atoms with Crippen molar-refractivity contribution in [2.24, 2.45) is 0 Å². The molecule has 7 heteroatoms. The van der Waals surface area contributed by atoms with E-state index in [2.05, 4.69) is 21.4 Å². The third kappa shape index (κ3) is 4.35. The van der Waals surface area contributed by atoms with Crippen LogP contribution in [0.15, 0.2) is 12.1 Å². The lowest BCUT2D eigenvalue weighted by Crippen LogP contribution is -2.41. The summed E-state index contributed by atoms with van der Waals surface area (Å²) in [6.45, 7) is 3.01. The summed E-state index contributed by atoms with van der Waals surface area (Å²) in [7, 11) is 0. The first kappa shape index (κ1) is 17.4. The van der Waals surface area contributed by atoms with Crippen molar-refractivity contribution in [3.63, 3.8) is 0 Å². The standard InChI is InChI=1S/C18H24N4O3/c1-12(23)22-9-7-14(8-10-22)19-16-11-15(18(24)25)20-17(21-16)13-5-3-2-4-6-13/h5,11,14H,2-4,6-10H2,1H3,(H,24,25)(H,19,20,21). The molecule has 2 aliphatic rings. The molecule has 7 nitrogen and oxygen atoms in total. The summed E-state index contributed by atoms with van der Waals surface area (Å²) in [5, 5.41) is 12.7. The van der Waals surface area contributed by atoms with E-state index in [1.807, 2.05) is 4.90 Å². The van der Waals surface area contributed by atoms with Crippen LogP contribution in [0.4, 0.5) is 5.82 Å². The highest BCUT2D eigenvalue weighted by Crippen LogP contribution is 2.26. The molecular weight excluding hydrogens is 320 g/mol. The van der Waals surface area contributed by atoms with Crippen LogP contribution >= 0.6 is 0 Å². The molecule has 1 amide bonds. The number of allylic oxidation sites excluding steroid dienone is 2. The van der Waals surface area contributed by atoms with Crippen LogP contribution in [0.5, 0.6) is 0 Å². The average Bonchev–Trinajstić information content (AvgIpc) is 2.62. The van der Waals surface area contributed by atoms with Crippen molar-refractivity contribution < 1.29 is 14.7 Å². The lowest BCUT2D eigenvalue weighted by atomic mass is 9.99. The largest absolute Gasteiger partial charge is 0.477 e. The topological polar surface area (TPSA) is 95.4 Å². The number of nitrogens with one attached hydrogen (secondary N) is 1. The summed E-state index contributed by atoms with van der Waals surface area (Å²) in [6.07, 6.45) is 7.87. The first-order valence-electron chi connectivity index (χ1n) is 8.87. The van der Waals surface area contributed by atoms with Gasteiger partial charge in [0.25, 0.3) is 0 Å². The summed E-state index contributed by atoms with van der Waals surface area (Å²) in [4.78, 5) is 33.4. The number of piperidine rings is 1. The van der Waals surface area contributed by atoms with Crippen molar-refractivity contribution in [1.29, 1.82) is 0 Å². The summed E-state index contributed by atoms with van der Waals surface area (Å²) >= 11 is 0. The molecule has 1 aliphatic carbocycles. The molecule has 2 heterocycles. The fraction of sp³-hybridized carbons (Fsp3) is 0.556. The van der Waals surface area contributed by atoms with Gasteiger partial charge in [0.2, 0.25) is 5.91 Å². The second kappa shape index (κ2) is 7.63. The number of carboxylic acid groups (broad SMARTS) is 1. The number of carboxylic acids is 1. The van der Waals surface area contributed by atoms with Crippen LogP contribution < -0.4 is 5.32 Å². The smallest absolute Gasteiger partial charge is 0.354 e. The second-order valence-corrected chi connectivity index (χ2v) is 6.67. The van der Waals surface area contributed by atoms with Gasteiger partial charge in [0.05, 0.1) is 0 Å². The molecule has 0 bridgehead atoms. The highest BCUT2D eigenvalue weighted by atomic mass is 16.4. The number of carbonyl (C=O) groups is 2. The van der Waals surface area contributed by atoms with Crippen LogP contribution in [-0.2, 0) is 4.79 Å². The molecule has 25 heavy (non-hydrogen) atoms. The number of likely N-dealkylation sites (tertiary alicyclic amines) is 1. The van der Waals surface area contributed by atoms with E-state index >= 15 is 0 Å². The third-order valence-electron chi connectivity index (χ3n) is 4.82. The molecule has 0 spiro atoms. The Bertz CT molecular complexity index is 694. The van der Waals surface area contributed by atoms with E-state index in [-0.39, 0.29) is 17.6 Å². The fourth-order valence-electron chi connectivity index (χ4n) is 3.36. The minimum Gasteiger partial charge on any atom is -0.477 e. The van der Waals surface area contributed by atoms with Gasteiger partial charge in [-0.15, -0.1) is 0 Å². The zero-order valence-electron chi connectivity index (χ0n) is 14.5. The minimum atomic E-state index is -1.05. The lowest BCUT2D eigenvalue weighted by Gasteiger charge is -2.32. The zero-order valence-corrected chi connectivity index (χ0v) is 14.5. The molecule has 2 N–H and O–H groups in total. The van der Waals surface area contributed by atoms with Crippen LogP contribution in [0.3, 0.4) is 0 Å². The number of anilines is 1. The van der Waals surface area contributed by atoms with Crippen LogP contribution in [0.25, 0.3) is 5.57 Å². The molecule has 0 radical (unpaired) electrons. The molecule has 1 aromatic heterocycles. The Morgan fingerprint density at radius 1 is 1.24 bits per heavy atom. The predicted octanol–water partition coefficient (Wildman–Crippen LogP) is 2.56. The Kier molecular flexibility index (Phi) is 5.31. The molecule has 1 aromatic rings. The number of carbonyl (C=O) groups excluding carboxylic acids is 1. The Labute approximate surface area is 147 Å². The zero-order chi connectivity index (χ0) is 17.8. The minimum absolute atomic E-state index is 0.0140. The number of hydrogen-bond donors (Lipinski definition) is 2. The Morgan fingerprint density at radius 2 is 2.00 bits per heavy atom. The van der Waals surface area contributed by atoms with Crippen molar-refractivity contribution in [2.45, 2.75) is 51.5 Å². The van der Waals surface area contributed by atoms with Crippen LogP contribution in [0, 0.1) is 0 Å². The normalized spacial score (nSPS) is 18.6. The first-order chi connectivity index (χ1) is 12.0. The van der Waals surface area contributed by atoms with E-state index in [0.29, 0.717) is 24.7 Å². The van der Waals surface area contributed by atoms with Crippen LogP contribution in [-0.4, -0.2) is 51.0 Å². The summed E-state index contributed by atoms with van der Waals surface area (Å²) < 4.78 is 0. The Morgan fingerprint density at radius 3 is 2.60 bits per heavy atom. The molecule has 134 valence electrons. The number of rotatable bonds is 4. The molecule has 0 saturated carbocycles. The molecule has 0 unspecified atom stereocenters. The van der Waals surface area contributed by atoms with Crippen LogP contribution in [0.2, 0.25) is 0 Å². The Hall–Kier alpha value is -2.44. The number of aromatic carboxylic acids is 1. The van der Waals surface area contributed by atoms with Crippen molar-refractivity contribution >= 4 is 23.3 Å². The second-order valence-electron chi connectivity index (χ2n) is 6.67. The SMILES string of the molecule is CC(=O)N1CCC(Nc2cc(C(=O)O)nc(C3=CCCCC3)n2)CC1. The first-order valence-corrected chi connectivity index (χ1v) is 8.87. The van der Waals surface area contributed by atoms with Gasteiger partial charge in [-0.3, -0.25) is 4.79 Å². The molecule has 1 fully saturated rings. The summed E-state index contributed by atoms with van der Waals surface area (Å²) in [6, 6.07) is 1.67. The third-order valence-corrected chi connectivity index (χ3v) is 4.82. The summed E-state index contributed by atoms with van der Waals surface area (Å²) in [5.74, 6) is 0.119. The quantitative estimate of drug-likeness (QED) is 0.871. The van der Waals surface area contributed by atoms with Crippen molar-refractivity contribution in [3.8, 4) is 0 Å². The highest BCUT2D eigenvalue weighted by Gasteiger charge is 2.22. The number of hydrogen-bond acceptors (Lipinski definition) is 5. The number of aromatic nitrogens is 2. The fourth-order valence-corrected chi connectivity index (χ4v) is 3.36. The lowest BCUT2D eigenvalue weighted by molar-refractivity contribution is -0.129. The van der Waals surface area contributed by atoms with Gasteiger partial charge in [0.1, 0.15) is 5.82 Å². The molecule has 1 saturated heterocycles. The molecular formula is C18H24N4O3. The predicted molar refractivity (Wildman–Crippen MR) is 94.3 cm³/mol. The highest BCUT2D eigenvalue weighted by molar-refractivity contribution is 5.86. The van der Waals surface area contributed by atoms with Gasteiger partial charge in [0.15, 0.2) is 11.5 Å². The maximum Gasteiger partial charge on any atom is 0.354 e. The van der Waals surface area contributed by atoms with E-state index in [9.17, 15) is 14.7 Å².